The summed E-state index contributed by atoms with van der Waals surface area (Å²) in [7, 11) is 1.39. The molecule has 2 bridgehead atoms. The van der Waals surface area contributed by atoms with E-state index in [-0.39, 0.29) is 35.8 Å². The highest BCUT2D eigenvalue weighted by Gasteiger charge is 2.73. The molecule has 1 unspecified atom stereocenters. The van der Waals surface area contributed by atoms with E-state index in [1.807, 2.05) is 12.1 Å². The minimum Gasteiger partial charge on any atom is -0.504 e. The summed E-state index contributed by atoms with van der Waals surface area (Å²) in [6, 6.07) is 11.6. The van der Waals surface area contributed by atoms with Crippen molar-refractivity contribution >= 4 is 11.9 Å². The van der Waals surface area contributed by atoms with E-state index < -0.39 is 11.0 Å². The molecular formula is C31H37N3O5. The molecule has 1 spiro atoms. The van der Waals surface area contributed by atoms with Crippen LogP contribution >= 0.6 is 0 Å². The molecule has 3 N–H and O–H groups in total. The monoisotopic (exact) mass is 531 g/mol. The van der Waals surface area contributed by atoms with Crippen molar-refractivity contribution in [2.75, 3.05) is 20.2 Å². The Morgan fingerprint density at radius 1 is 1.13 bits per heavy atom. The maximum absolute atomic E-state index is 12.9. The number of piperidine rings is 1. The van der Waals surface area contributed by atoms with Gasteiger partial charge in [0, 0.05) is 37.7 Å². The minimum atomic E-state index is -0.441. The van der Waals surface area contributed by atoms with Crippen LogP contribution in [-0.2, 0) is 27.9 Å². The molecule has 8 heteroatoms. The summed E-state index contributed by atoms with van der Waals surface area (Å²) in [5, 5.41) is 18.3. The number of carbonyl (C=O) groups is 2. The summed E-state index contributed by atoms with van der Waals surface area (Å²) >= 11 is 0. The van der Waals surface area contributed by atoms with Crippen LogP contribution in [0, 0.1) is 5.92 Å². The number of amides is 1. The van der Waals surface area contributed by atoms with Gasteiger partial charge in [-0.15, -0.1) is 0 Å². The average molecular weight is 532 g/mol. The SMILES string of the molecule is COC(=O)c1ccc(CN[C@@H]2CC[C@@]3(NC(C)=O)[C@H]4Cc5ccc(O)c6c5[C@@]3(CCN4CC3CC3)C2O6)cc1. The van der Waals surface area contributed by atoms with Crippen molar-refractivity contribution in [3.05, 3.63) is 58.7 Å². The van der Waals surface area contributed by atoms with Gasteiger partial charge >= 0.3 is 5.97 Å². The zero-order valence-electron chi connectivity index (χ0n) is 22.7. The largest absolute Gasteiger partial charge is 0.504 e. The van der Waals surface area contributed by atoms with Gasteiger partial charge in [0.2, 0.25) is 5.91 Å². The number of methoxy groups -OCH3 is 1. The molecule has 2 aromatic rings. The molecule has 5 aliphatic rings. The molecule has 8 nitrogen and oxygen atoms in total. The highest BCUT2D eigenvalue weighted by molar-refractivity contribution is 5.89. The van der Waals surface area contributed by atoms with Gasteiger partial charge in [0.05, 0.1) is 23.6 Å². The first kappa shape index (κ1) is 24.9. The fourth-order valence-corrected chi connectivity index (χ4v) is 8.43. The number of ether oxygens (including phenoxy) is 2. The molecular weight excluding hydrogens is 494 g/mol. The van der Waals surface area contributed by atoms with Crippen molar-refractivity contribution in [2.45, 2.75) is 81.1 Å². The van der Waals surface area contributed by atoms with Gasteiger partial charge in [0.25, 0.3) is 0 Å². The first-order chi connectivity index (χ1) is 18.9. The number of aromatic hydroxyl groups is 1. The lowest BCUT2D eigenvalue weighted by Gasteiger charge is -2.66. The highest BCUT2D eigenvalue weighted by Crippen LogP contribution is 2.65. The van der Waals surface area contributed by atoms with Crippen LogP contribution in [0.1, 0.15) is 66.1 Å². The molecule has 2 aliphatic heterocycles. The molecule has 0 radical (unpaired) electrons. The summed E-state index contributed by atoms with van der Waals surface area (Å²) in [5.41, 5.74) is 3.12. The zero-order chi connectivity index (χ0) is 26.9. The van der Waals surface area contributed by atoms with Crippen molar-refractivity contribution in [3.8, 4) is 11.5 Å². The first-order valence-corrected chi connectivity index (χ1v) is 14.3. The topological polar surface area (TPSA) is 100 Å². The van der Waals surface area contributed by atoms with Gasteiger partial charge in [0.15, 0.2) is 11.5 Å². The molecule has 2 heterocycles. The Balaban J connectivity index is 1.25. The third-order valence-electron chi connectivity index (χ3n) is 10.2. The van der Waals surface area contributed by atoms with Crippen molar-refractivity contribution < 1.29 is 24.2 Å². The average Bonchev–Trinajstić information content (AvgIpc) is 3.67. The molecule has 39 heavy (non-hydrogen) atoms. The lowest BCUT2D eigenvalue weighted by atomic mass is 9.46. The van der Waals surface area contributed by atoms with Crippen molar-refractivity contribution in [2.24, 2.45) is 5.92 Å². The number of hydrogen-bond donors (Lipinski definition) is 3. The lowest BCUT2D eigenvalue weighted by molar-refractivity contribution is -0.135. The zero-order valence-corrected chi connectivity index (χ0v) is 22.7. The highest BCUT2D eigenvalue weighted by atomic mass is 16.5. The summed E-state index contributed by atoms with van der Waals surface area (Å²) in [5.74, 6) is 1.22. The van der Waals surface area contributed by atoms with Crippen LogP contribution in [0.3, 0.4) is 0 Å². The van der Waals surface area contributed by atoms with E-state index in [0.29, 0.717) is 17.9 Å². The minimum absolute atomic E-state index is 0.000514. The van der Waals surface area contributed by atoms with E-state index in [2.05, 4.69) is 21.6 Å². The summed E-state index contributed by atoms with van der Waals surface area (Å²) in [6.07, 6.45) is 5.84. The van der Waals surface area contributed by atoms with E-state index in [9.17, 15) is 14.7 Å². The van der Waals surface area contributed by atoms with Crippen LogP contribution in [0.15, 0.2) is 36.4 Å². The Kier molecular flexibility index (Phi) is 5.72. The van der Waals surface area contributed by atoms with Gasteiger partial charge in [-0.05, 0) is 80.3 Å². The molecule has 2 aromatic carbocycles. The van der Waals surface area contributed by atoms with Gasteiger partial charge in [-0.2, -0.15) is 0 Å². The second kappa shape index (κ2) is 8.96. The third-order valence-corrected chi connectivity index (χ3v) is 10.2. The van der Waals surface area contributed by atoms with Crippen molar-refractivity contribution in [1.82, 2.24) is 15.5 Å². The second-order valence-electron chi connectivity index (χ2n) is 12.2. The van der Waals surface area contributed by atoms with E-state index in [1.165, 1.54) is 25.5 Å². The van der Waals surface area contributed by atoms with Crippen LogP contribution < -0.4 is 15.4 Å². The van der Waals surface area contributed by atoms with E-state index in [1.54, 1.807) is 25.1 Å². The maximum Gasteiger partial charge on any atom is 0.337 e. The third kappa shape index (κ3) is 3.64. The van der Waals surface area contributed by atoms with Crippen LogP contribution in [0.2, 0.25) is 0 Å². The number of carbonyl (C=O) groups excluding carboxylic acids is 2. The van der Waals surface area contributed by atoms with Gasteiger partial charge in [0.1, 0.15) is 6.10 Å². The van der Waals surface area contributed by atoms with Gasteiger partial charge < -0.3 is 25.2 Å². The molecule has 2 saturated carbocycles. The number of esters is 1. The predicted octanol–water partition coefficient (Wildman–Crippen LogP) is 3.05. The van der Waals surface area contributed by atoms with Crippen molar-refractivity contribution in [1.29, 1.82) is 0 Å². The number of benzene rings is 2. The van der Waals surface area contributed by atoms with Gasteiger partial charge in [-0.3, -0.25) is 9.69 Å². The molecule has 7 rings (SSSR count). The number of nitrogens with one attached hydrogen (secondary N) is 2. The molecule has 206 valence electrons. The Labute approximate surface area is 229 Å². The van der Waals surface area contributed by atoms with Gasteiger partial charge in [-0.25, -0.2) is 4.79 Å². The molecule has 3 fully saturated rings. The standard InChI is InChI=1S/C31H37N3O5/c1-18(35)33-31-12-11-23(32-16-19-5-7-21(8-6-19)29(37)38-2)28-30(31)13-14-34(17-20-3-4-20)25(31)15-22-9-10-24(36)27(39-28)26(22)30/h5-10,20,23,25,28,32,36H,3-4,11-17H2,1-2H3,(H,33,35)/t23-,25-,28?,30+,31-/m1/s1. The molecule has 3 aliphatic carbocycles. The van der Waals surface area contributed by atoms with Gasteiger partial charge in [-0.1, -0.05) is 18.2 Å². The van der Waals surface area contributed by atoms with Crippen LogP contribution in [-0.4, -0.2) is 65.8 Å². The predicted molar refractivity (Wildman–Crippen MR) is 145 cm³/mol. The van der Waals surface area contributed by atoms with Crippen LogP contribution in [0.5, 0.6) is 11.5 Å². The summed E-state index contributed by atoms with van der Waals surface area (Å²) in [4.78, 5) is 27.3. The van der Waals surface area contributed by atoms with Crippen LogP contribution in [0.25, 0.3) is 0 Å². The molecule has 0 aromatic heterocycles. The fraction of sp³-hybridized carbons (Fsp3) is 0.548. The number of phenolic OH excluding ortho intramolecular Hbond substituents is 1. The Morgan fingerprint density at radius 3 is 2.64 bits per heavy atom. The smallest absolute Gasteiger partial charge is 0.337 e. The number of phenols is 1. The molecule has 1 saturated heterocycles. The van der Waals surface area contributed by atoms with E-state index in [4.69, 9.17) is 9.47 Å². The fourth-order valence-electron chi connectivity index (χ4n) is 8.43. The summed E-state index contributed by atoms with van der Waals surface area (Å²) < 4.78 is 11.6. The van der Waals surface area contributed by atoms with Crippen LogP contribution in [0.4, 0.5) is 0 Å². The number of hydrogen-bond acceptors (Lipinski definition) is 7. The van der Waals surface area contributed by atoms with E-state index in [0.717, 1.165) is 55.8 Å². The van der Waals surface area contributed by atoms with E-state index >= 15 is 0 Å². The first-order valence-electron chi connectivity index (χ1n) is 14.3. The second-order valence-corrected chi connectivity index (χ2v) is 12.2. The number of likely N-dealkylation sites (tertiary alicyclic amines) is 1. The Morgan fingerprint density at radius 2 is 1.92 bits per heavy atom. The maximum atomic E-state index is 12.9. The molecule has 1 amide bonds. The Bertz CT molecular complexity index is 1320. The quantitative estimate of drug-likeness (QED) is 0.473. The summed E-state index contributed by atoms with van der Waals surface area (Å²) in [6.45, 7) is 4.33. The molecule has 5 atom stereocenters. The normalized spacial score (nSPS) is 32.2. The lowest BCUT2D eigenvalue weighted by Crippen LogP contribution is -2.82. The van der Waals surface area contributed by atoms with Crippen molar-refractivity contribution in [3.63, 3.8) is 0 Å². The Hall–Kier alpha value is -3.10. The number of nitrogens with zero attached hydrogens (tertiary/aromatic N) is 1. The number of rotatable bonds is 7.